The van der Waals surface area contributed by atoms with Crippen molar-refractivity contribution in [2.45, 2.75) is 38.6 Å². The van der Waals surface area contributed by atoms with E-state index < -0.39 is 0 Å². The topological polar surface area (TPSA) is 64.4 Å². The lowest BCUT2D eigenvalue weighted by Crippen LogP contribution is -2.19. The van der Waals surface area contributed by atoms with Crippen molar-refractivity contribution in [3.05, 3.63) is 33.9 Å². The Labute approximate surface area is 113 Å². The van der Waals surface area contributed by atoms with Crippen LogP contribution in [0.25, 0.3) is 0 Å². The normalized spacial score (nSPS) is 14.4. The lowest BCUT2D eigenvalue weighted by Gasteiger charge is -2.08. The Bertz CT molecular complexity index is 444. The molecule has 1 fully saturated rings. The number of aryl methyl sites for hydroxylation is 1. The summed E-state index contributed by atoms with van der Waals surface area (Å²) < 4.78 is 5.52. The first-order valence-electron chi connectivity index (χ1n) is 6.84. The molecule has 5 nitrogen and oxygen atoms in total. The lowest BCUT2D eigenvalue weighted by atomic mass is 10.1. The van der Waals surface area contributed by atoms with Crippen LogP contribution in [0.3, 0.4) is 0 Å². The van der Waals surface area contributed by atoms with E-state index in [2.05, 4.69) is 5.32 Å². The van der Waals surface area contributed by atoms with Gasteiger partial charge in [-0.15, -0.1) is 0 Å². The molecule has 0 bridgehead atoms. The van der Waals surface area contributed by atoms with E-state index in [0.717, 1.165) is 24.9 Å². The van der Waals surface area contributed by atoms with E-state index in [4.69, 9.17) is 4.74 Å². The van der Waals surface area contributed by atoms with E-state index >= 15 is 0 Å². The number of rotatable bonds is 8. The van der Waals surface area contributed by atoms with Crippen molar-refractivity contribution in [3.63, 3.8) is 0 Å². The largest absolute Gasteiger partial charge is 0.487 e. The van der Waals surface area contributed by atoms with Gasteiger partial charge in [0.2, 0.25) is 0 Å². The van der Waals surface area contributed by atoms with Crippen LogP contribution in [0.15, 0.2) is 18.2 Å². The zero-order valence-electron chi connectivity index (χ0n) is 11.2. The Morgan fingerprint density at radius 3 is 2.89 bits per heavy atom. The number of benzene rings is 1. The van der Waals surface area contributed by atoms with Gasteiger partial charge in [-0.05, 0) is 43.9 Å². The van der Waals surface area contributed by atoms with Gasteiger partial charge < -0.3 is 10.1 Å². The van der Waals surface area contributed by atoms with Gasteiger partial charge in [0.05, 0.1) is 11.5 Å². The Kier molecular flexibility index (Phi) is 4.74. The first-order valence-corrected chi connectivity index (χ1v) is 6.84. The second-order valence-corrected chi connectivity index (χ2v) is 4.84. The van der Waals surface area contributed by atoms with E-state index in [1.54, 1.807) is 12.1 Å². The Morgan fingerprint density at radius 1 is 1.47 bits per heavy atom. The minimum Gasteiger partial charge on any atom is -0.487 e. The molecule has 2 rings (SSSR count). The highest BCUT2D eigenvalue weighted by atomic mass is 16.6. The fourth-order valence-corrected chi connectivity index (χ4v) is 1.90. The van der Waals surface area contributed by atoms with Crippen molar-refractivity contribution in [2.24, 2.45) is 0 Å². The highest BCUT2D eigenvalue weighted by Crippen LogP contribution is 2.28. The zero-order chi connectivity index (χ0) is 13.7. The summed E-state index contributed by atoms with van der Waals surface area (Å²) >= 11 is 0. The molecule has 0 aromatic heterocycles. The predicted molar refractivity (Wildman–Crippen MR) is 73.6 cm³/mol. The van der Waals surface area contributed by atoms with Crippen LogP contribution in [0.5, 0.6) is 5.75 Å². The number of hydrogen-bond donors (Lipinski definition) is 1. The molecule has 19 heavy (non-hydrogen) atoms. The van der Waals surface area contributed by atoms with Gasteiger partial charge in [0.25, 0.3) is 0 Å². The van der Waals surface area contributed by atoms with Crippen LogP contribution in [0, 0.1) is 10.1 Å². The van der Waals surface area contributed by atoms with E-state index in [-0.39, 0.29) is 10.6 Å². The molecule has 0 amide bonds. The monoisotopic (exact) mass is 264 g/mol. The summed E-state index contributed by atoms with van der Waals surface area (Å²) in [6.45, 7) is 3.39. The first kappa shape index (κ1) is 13.8. The summed E-state index contributed by atoms with van der Waals surface area (Å²) in [6.07, 6.45) is 4.19. The van der Waals surface area contributed by atoms with Crippen molar-refractivity contribution < 1.29 is 9.66 Å². The van der Waals surface area contributed by atoms with Crippen LogP contribution in [0.4, 0.5) is 5.69 Å². The average molecular weight is 264 g/mol. The van der Waals surface area contributed by atoms with Crippen molar-refractivity contribution >= 4 is 5.69 Å². The number of nitrogens with zero attached hydrogens (tertiary/aromatic N) is 1. The quantitative estimate of drug-likeness (QED) is 0.445. The Balaban J connectivity index is 1.85. The van der Waals surface area contributed by atoms with Gasteiger partial charge >= 0.3 is 5.69 Å². The molecule has 1 N–H and O–H groups in total. The molecule has 0 atom stereocenters. The molecular weight excluding hydrogens is 244 g/mol. The molecule has 1 aliphatic carbocycles. The summed E-state index contributed by atoms with van der Waals surface area (Å²) in [5, 5.41) is 14.4. The molecule has 0 unspecified atom stereocenters. The van der Waals surface area contributed by atoms with Crippen molar-refractivity contribution in [3.8, 4) is 5.75 Å². The van der Waals surface area contributed by atoms with Gasteiger partial charge in [-0.2, -0.15) is 0 Å². The van der Waals surface area contributed by atoms with Crippen molar-refractivity contribution in [1.82, 2.24) is 5.32 Å². The number of nitro benzene ring substituents is 1. The minimum absolute atomic E-state index is 0.0644. The second kappa shape index (κ2) is 6.52. The van der Waals surface area contributed by atoms with E-state index in [1.165, 1.54) is 12.8 Å². The fraction of sp³-hybridized carbons (Fsp3) is 0.571. The SMILES string of the molecule is CCc1ccc(OCCCNC2CC2)c([N+](=O)[O-])c1. The summed E-state index contributed by atoms with van der Waals surface area (Å²) in [5.41, 5.74) is 1.02. The van der Waals surface area contributed by atoms with Crippen LogP contribution in [-0.4, -0.2) is 24.1 Å². The van der Waals surface area contributed by atoms with E-state index in [9.17, 15) is 10.1 Å². The van der Waals surface area contributed by atoms with Crippen LogP contribution in [0.1, 0.15) is 31.7 Å². The second-order valence-electron chi connectivity index (χ2n) is 4.84. The van der Waals surface area contributed by atoms with E-state index in [1.807, 2.05) is 13.0 Å². The van der Waals surface area contributed by atoms with Gasteiger partial charge in [-0.1, -0.05) is 13.0 Å². The molecule has 0 heterocycles. The van der Waals surface area contributed by atoms with Crippen LogP contribution >= 0.6 is 0 Å². The summed E-state index contributed by atoms with van der Waals surface area (Å²) in [7, 11) is 0. The van der Waals surface area contributed by atoms with Crippen molar-refractivity contribution in [2.75, 3.05) is 13.2 Å². The molecule has 1 aromatic rings. The standard InChI is InChI=1S/C14H20N2O3/c1-2-11-4-7-14(13(10-11)16(17)18)19-9-3-8-15-12-5-6-12/h4,7,10,12,15H,2-3,5-6,8-9H2,1H3. The Morgan fingerprint density at radius 2 is 2.26 bits per heavy atom. The molecule has 0 radical (unpaired) electrons. The minimum atomic E-state index is -0.378. The average Bonchev–Trinajstić information content (AvgIpc) is 3.22. The maximum absolute atomic E-state index is 11.0. The maximum Gasteiger partial charge on any atom is 0.311 e. The smallest absolute Gasteiger partial charge is 0.311 e. The number of nitro groups is 1. The van der Waals surface area contributed by atoms with Gasteiger partial charge in [0.1, 0.15) is 0 Å². The molecule has 0 aliphatic heterocycles. The Hall–Kier alpha value is -1.62. The van der Waals surface area contributed by atoms with E-state index in [0.29, 0.717) is 18.4 Å². The lowest BCUT2D eigenvalue weighted by molar-refractivity contribution is -0.385. The zero-order valence-corrected chi connectivity index (χ0v) is 11.2. The van der Waals surface area contributed by atoms with Gasteiger partial charge in [0, 0.05) is 12.1 Å². The number of ether oxygens (including phenoxy) is 1. The predicted octanol–water partition coefficient (Wildman–Crippen LogP) is 2.68. The third-order valence-electron chi connectivity index (χ3n) is 3.22. The molecular formula is C14H20N2O3. The molecule has 0 saturated heterocycles. The van der Waals surface area contributed by atoms with Crippen LogP contribution in [0.2, 0.25) is 0 Å². The molecule has 1 aliphatic rings. The van der Waals surface area contributed by atoms with Gasteiger partial charge in [-0.25, -0.2) is 0 Å². The number of nitrogens with one attached hydrogen (secondary N) is 1. The summed E-state index contributed by atoms with van der Waals surface area (Å²) in [5.74, 6) is 0.369. The van der Waals surface area contributed by atoms with Gasteiger partial charge in [-0.3, -0.25) is 10.1 Å². The molecule has 0 spiro atoms. The molecule has 1 saturated carbocycles. The van der Waals surface area contributed by atoms with Crippen LogP contribution in [-0.2, 0) is 6.42 Å². The van der Waals surface area contributed by atoms with Crippen LogP contribution < -0.4 is 10.1 Å². The maximum atomic E-state index is 11.0. The van der Waals surface area contributed by atoms with Crippen molar-refractivity contribution in [1.29, 1.82) is 0 Å². The molecule has 104 valence electrons. The summed E-state index contributed by atoms with van der Waals surface area (Å²) in [6, 6.07) is 5.87. The van der Waals surface area contributed by atoms with Gasteiger partial charge in [0.15, 0.2) is 5.75 Å². The third-order valence-corrected chi connectivity index (χ3v) is 3.22. The summed E-state index contributed by atoms with van der Waals surface area (Å²) in [4.78, 5) is 10.6. The fourth-order valence-electron chi connectivity index (χ4n) is 1.90. The first-order chi connectivity index (χ1) is 9.20. The number of hydrogen-bond acceptors (Lipinski definition) is 4. The third kappa shape index (κ3) is 4.21. The highest BCUT2D eigenvalue weighted by Gasteiger charge is 2.19. The molecule has 1 aromatic carbocycles. The molecule has 5 heteroatoms. The highest BCUT2D eigenvalue weighted by molar-refractivity contribution is 5.48.